The molecule has 0 atom stereocenters. The molecule has 0 aromatic heterocycles. The number of hydrogen-bond acceptors (Lipinski definition) is 1. The summed E-state index contributed by atoms with van der Waals surface area (Å²) in [6, 6.07) is 10.2. The van der Waals surface area contributed by atoms with Crippen molar-refractivity contribution >= 4 is 19.3 Å². The minimum absolute atomic E-state index is 1.19. The van der Waals surface area contributed by atoms with Gasteiger partial charge in [0, 0.05) is 0 Å². The minimum atomic E-state index is -1.27. The van der Waals surface area contributed by atoms with Crippen molar-refractivity contribution in [1.29, 1.82) is 0 Å². The molecular weight excluding hydrogens is 222 g/mol. The first kappa shape index (κ1) is 14.2. The maximum Gasteiger partial charge on any atom is 0.0807 e. The van der Waals surface area contributed by atoms with Crippen molar-refractivity contribution in [2.45, 2.75) is 25.6 Å². The summed E-state index contributed by atoms with van der Waals surface area (Å²) in [6.45, 7) is 9.97. The fourth-order valence-electron chi connectivity index (χ4n) is 2.07. The van der Waals surface area contributed by atoms with Crippen LogP contribution in [-0.4, -0.2) is 33.6 Å². The quantitative estimate of drug-likeness (QED) is 0.698. The van der Waals surface area contributed by atoms with E-state index in [1.165, 1.54) is 24.6 Å². The van der Waals surface area contributed by atoms with Crippen LogP contribution in [0.4, 0.5) is 0 Å². The molecule has 0 radical (unpaired) electrons. The Bertz CT molecular complexity index is 369. The molecule has 94 valence electrons. The zero-order valence-electron chi connectivity index (χ0n) is 11.7. The first-order valence-corrected chi connectivity index (χ1v) is 9.54. The van der Waals surface area contributed by atoms with E-state index in [1.807, 2.05) is 6.08 Å². The molecule has 0 heterocycles. The van der Waals surface area contributed by atoms with E-state index in [-0.39, 0.29) is 0 Å². The van der Waals surface area contributed by atoms with Crippen molar-refractivity contribution in [3.8, 4) is 0 Å². The smallest absolute Gasteiger partial charge is 0.0807 e. The van der Waals surface area contributed by atoms with Gasteiger partial charge in [-0.05, 0) is 32.6 Å². The van der Waals surface area contributed by atoms with Crippen LogP contribution in [0.15, 0.2) is 30.8 Å². The van der Waals surface area contributed by atoms with Gasteiger partial charge in [0.05, 0.1) is 8.07 Å². The summed E-state index contributed by atoms with van der Waals surface area (Å²) in [5, 5.41) is 1.55. The first-order chi connectivity index (χ1) is 7.95. The van der Waals surface area contributed by atoms with Gasteiger partial charge in [-0.15, -0.1) is 0 Å². The molecule has 2 heteroatoms. The summed E-state index contributed by atoms with van der Waals surface area (Å²) >= 11 is 0. The highest BCUT2D eigenvalue weighted by atomic mass is 28.3. The molecule has 0 aliphatic carbocycles. The summed E-state index contributed by atoms with van der Waals surface area (Å²) in [5.74, 6) is 0. The number of benzene rings is 1. The van der Waals surface area contributed by atoms with Crippen molar-refractivity contribution in [3.05, 3.63) is 36.4 Å². The Kier molecular flexibility index (Phi) is 5.16. The average Bonchev–Trinajstić information content (AvgIpc) is 2.28. The van der Waals surface area contributed by atoms with E-state index in [0.717, 1.165) is 0 Å². The van der Waals surface area contributed by atoms with Gasteiger partial charge in [0.25, 0.3) is 0 Å². The highest BCUT2D eigenvalue weighted by Gasteiger charge is 2.22. The van der Waals surface area contributed by atoms with E-state index >= 15 is 0 Å². The maximum absolute atomic E-state index is 3.85. The Labute approximate surface area is 107 Å². The van der Waals surface area contributed by atoms with E-state index in [4.69, 9.17) is 0 Å². The fourth-order valence-corrected chi connectivity index (χ4v) is 4.50. The zero-order chi connectivity index (χ0) is 12.9. The monoisotopic (exact) mass is 247 g/mol. The fraction of sp³-hybridized carbons (Fsp3) is 0.467. The molecule has 0 aliphatic rings. The SMILES string of the molecule is C=Cc1cccc([Si](C)(C)CCCN(C)C)c1. The predicted molar refractivity (Wildman–Crippen MR) is 81.6 cm³/mol. The molecule has 0 aliphatic heterocycles. The molecule has 1 rings (SSSR count). The van der Waals surface area contributed by atoms with E-state index < -0.39 is 8.07 Å². The zero-order valence-corrected chi connectivity index (χ0v) is 12.7. The molecule has 0 N–H and O–H groups in total. The standard InChI is InChI=1S/C15H25NSi/c1-6-14-9-7-10-15(13-14)17(4,5)12-8-11-16(2)3/h6-7,9-10,13H,1,8,11-12H2,2-5H3. The first-order valence-electron chi connectivity index (χ1n) is 6.33. The lowest BCUT2D eigenvalue weighted by Gasteiger charge is -2.24. The van der Waals surface area contributed by atoms with Crippen molar-refractivity contribution in [2.75, 3.05) is 20.6 Å². The molecule has 0 saturated carbocycles. The van der Waals surface area contributed by atoms with Gasteiger partial charge in [0.2, 0.25) is 0 Å². The van der Waals surface area contributed by atoms with Gasteiger partial charge in [-0.2, -0.15) is 0 Å². The Morgan fingerprint density at radius 3 is 2.59 bits per heavy atom. The Morgan fingerprint density at radius 2 is 2.00 bits per heavy atom. The van der Waals surface area contributed by atoms with Gasteiger partial charge in [-0.3, -0.25) is 0 Å². The second-order valence-corrected chi connectivity index (χ2v) is 10.5. The Morgan fingerprint density at radius 1 is 1.29 bits per heavy atom. The highest BCUT2D eigenvalue weighted by Crippen LogP contribution is 2.14. The molecule has 0 amide bonds. The van der Waals surface area contributed by atoms with Gasteiger partial charge in [-0.25, -0.2) is 0 Å². The Balaban J connectivity index is 2.70. The molecule has 1 aromatic rings. The Hall–Kier alpha value is -0.863. The molecule has 0 fully saturated rings. The van der Waals surface area contributed by atoms with Crippen molar-refractivity contribution in [3.63, 3.8) is 0 Å². The van der Waals surface area contributed by atoms with Crippen LogP contribution >= 0.6 is 0 Å². The molecular formula is C15H25NSi. The van der Waals surface area contributed by atoms with Crippen LogP contribution in [-0.2, 0) is 0 Å². The number of nitrogens with zero attached hydrogens (tertiary/aromatic N) is 1. The van der Waals surface area contributed by atoms with Crippen LogP contribution in [0.2, 0.25) is 19.1 Å². The van der Waals surface area contributed by atoms with Gasteiger partial charge in [0.15, 0.2) is 0 Å². The third-order valence-corrected chi connectivity index (χ3v) is 6.79. The molecule has 1 aromatic carbocycles. The lowest BCUT2D eigenvalue weighted by atomic mass is 10.2. The van der Waals surface area contributed by atoms with E-state index in [1.54, 1.807) is 5.19 Å². The minimum Gasteiger partial charge on any atom is -0.309 e. The normalized spacial score (nSPS) is 11.8. The summed E-state index contributed by atoms with van der Waals surface area (Å²) in [7, 11) is 3.02. The molecule has 17 heavy (non-hydrogen) atoms. The molecule has 0 spiro atoms. The van der Waals surface area contributed by atoms with Gasteiger partial charge in [-0.1, -0.05) is 61.2 Å². The van der Waals surface area contributed by atoms with Crippen LogP contribution in [0.5, 0.6) is 0 Å². The van der Waals surface area contributed by atoms with E-state index in [2.05, 4.69) is 62.9 Å². The summed E-state index contributed by atoms with van der Waals surface area (Å²) < 4.78 is 0. The maximum atomic E-state index is 3.85. The van der Waals surface area contributed by atoms with Crippen LogP contribution in [0.1, 0.15) is 12.0 Å². The van der Waals surface area contributed by atoms with Crippen molar-refractivity contribution < 1.29 is 0 Å². The highest BCUT2D eigenvalue weighted by molar-refractivity contribution is 6.89. The van der Waals surface area contributed by atoms with Crippen LogP contribution in [0.3, 0.4) is 0 Å². The molecule has 1 nitrogen and oxygen atoms in total. The number of rotatable bonds is 6. The second-order valence-electron chi connectivity index (χ2n) is 5.62. The van der Waals surface area contributed by atoms with Crippen LogP contribution < -0.4 is 5.19 Å². The predicted octanol–water partition coefficient (Wildman–Crippen LogP) is 3.20. The van der Waals surface area contributed by atoms with E-state index in [0.29, 0.717) is 0 Å². The van der Waals surface area contributed by atoms with Crippen LogP contribution in [0, 0.1) is 0 Å². The lowest BCUT2D eigenvalue weighted by molar-refractivity contribution is 0.408. The van der Waals surface area contributed by atoms with Gasteiger partial charge >= 0.3 is 0 Å². The largest absolute Gasteiger partial charge is 0.309 e. The molecule has 0 unspecified atom stereocenters. The molecule has 0 bridgehead atoms. The van der Waals surface area contributed by atoms with Gasteiger partial charge < -0.3 is 4.90 Å². The topological polar surface area (TPSA) is 3.24 Å². The summed E-state index contributed by atoms with van der Waals surface area (Å²) in [6.07, 6.45) is 3.23. The average molecular weight is 247 g/mol. The lowest BCUT2D eigenvalue weighted by Crippen LogP contribution is -2.41. The summed E-state index contributed by atoms with van der Waals surface area (Å²) in [4.78, 5) is 2.27. The van der Waals surface area contributed by atoms with E-state index in [9.17, 15) is 0 Å². The number of hydrogen-bond donors (Lipinski definition) is 0. The third-order valence-electron chi connectivity index (χ3n) is 3.31. The summed E-state index contributed by atoms with van der Waals surface area (Å²) in [5.41, 5.74) is 1.25. The van der Waals surface area contributed by atoms with Crippen LogP contribution in [0.25, 0.3) is 6.08 Å². The second kappa shape index (κ2) is 6.17. The third kappa shape index (κ3) is 4.48. The van der Waals surface area contributed by atoms with Crippen molar-refractivity contribution in [1.82, 2.24) is 4.90 Å². The van der Waals surface area contributed by atoms with Crippen molar-refractivity contribution in [2.24, 2.45) is 0 Å². The van der Waals surface area contributed by atoms with Gasteiger partial charge in [0.1, 0.15) is 0 Å². The molecule has 0 saturated heterocycles.